The van der Waals surface area contributed by atoms with Gasteiger partial charge in [-0.1, -0.05) is 23.7 Å². The van der Waals surface area contributed by atoms with Crippen molar-refractivity contribution >= 4 is 33.0 Å². The monoisotopic (exact) mass is 436 g/mol. The highest BCUT2D eigenvalue weighted by Gasteiger charge is 2.21. The second-order valence-electron chi connectivity index (χ2n) is 6.12. The van der Waals surface area contributed by atoms with Gasteiger partial charge in [-0.15, -0.1) is 11.3 Å². The molecule has 0 saturated heterocycles. The summed E-state index contributed by atoms with van der Waals surface area (Å²) in [6.07, 6.45) is 0.561. The first kappa shape index (κ1) is 20.8. The maximum absolute atomic E-state index is 12.9. The van der Waals surface area contributed by atoms with Crippen LogP contribution in [0.4, 0.5) is 0 Å². The zero-order chi connectivity index (χ0) is 20.1. The Bertz CT molecular complexity index is 1050. The van der Waals surface area contributed by atoms with Crippen LogP contribution < -0.4 is 9.46 Å². The van der Waals surface area contributed by atoms with Crippen molar-refractivity contribution in [2.75, 3.05) is 13.2 Å². The minimum absolute atomic E-state index is 0.119. The van der Waals surface area contributed by atoms with Gasteiger partial charge in [0.2, 0.25) is 10.0 Å². The predicted molar refractivity (Wildman–Crippen MR) is 114 cm³/mol. The summed E-state index contributed by atoms with van der Waals surface area (Å²) in [6.45, 7) is 4.39. The number of nitrogens with zero attached hydrogens (tertiary/aromatic N) is 1. The molecule has 0 radical (unpaired) electrons. The highest BCUT2D eigenvalue weighted by Crippen LogP contribution is 2.30. The van der Waals surface area contributed by atoms with Crippen LogP contribution in [0.25, 0.3) is 11.3 Å². The first-order valence-corrected chi connectivity index (χ1v) is 11.6. The number of ether oxygens (including phenoxy) is 1. The minimum Gasteiger partial charge on any atom is -0.492 e. The van der Waals surface area contributed by atoms with Crippen molar-refractivity contribution in [3.63, 3.8) is 0 Å². The van der Waals surface area contributed by atoms with Crippen LogP contribution >= 0.6 is 22.9 Å². The molecule has 28 heavy (non-hydrogen) atoms. The van der Waals surface area contributed by atoms with Crippen LogP contribution in [0, 0.1) is 6.92 Å². The number of hydrogen-bond acceptors (Lipinski definition) is 5. The summed E-state index contributed by atoms with van der Waals surface area (Å²) >= 11 is 7.41. The topological polar surface area (TPSA) is 68.3 Å². The lowest BCUT2D eigenvalue weighted by Gasteiger charge is -2.13. The van der Waals surface area contributed by atoms with E-state index in [1.807, 2.05) is 37.4 Å². The second kappa shape index (κ2) is 9.05. The van der Waals surface area contributed by atoms with Gasteiger partial charge in [0.05, 0.1) is 17.3 Å². The van der Waals surface area contributed by atoms with Gasteiger partial charge in [-0.2, -0.15) is 0 Å². The molecule has 0 bridgehead atoms. The third kappa shape index (κ3) is 5.11. The Morgan fingerprint density at radius 2 is 1.93 bits per heavy atom. The molecule has 148 valence electrons. The SMILES string of the molecule is CCOc1ccc(-c2csc(C)n2)cc1S(=O)(=O)NCCc1ccc(Cl)cc1. The molecule has 3 rings (SSSR count). The van der Waals surface area contributed by atoms with Crippen LogP contribution in [0.3, 0.4) is 0 Å². The molecule has 0 aliphatic carbocycles. The Morgan fingerprint density at radius 3 is 2.57 bits per heavy atom. The number of halogens is 1. The largest absolute Gasteiger partial charge is 0.492 e. The number of rotatable bonds is 8. The number of thiazole rings is 1. The van der Waals surface area contributed by atoms with Crippen LogP contribution in [0.2, 0.25) is 5.02 Å². The van der Waals surface area contributed by atoms with E-state index in [1.165, 1.54) is 11.3 Å². The summed E-state index contributed by atoms with van der Waals surface area (Å²) in [5, 5.41) is 3.49. The van der Waals surface area contributed by atoms with E-state index in [1.54, 1.807) is 24.3 Å². The summed E-state index contributed by atoms with van der Waals surface area (Å²) < 4.78 is 34.1. The van der Waals surface area contributed by atoms with Gasteiger partial charge in [-0.05, 0) is 56.2 Å². The van der Waals surface area contributed by atoms with E-state index < -0.39 is 10.0 Å². The lowest BCUT2D eigenvalue weighted by atomic mass is 10.2. The molecular weight excluding hydrogens is 416 g/mol. The summed E-state index contributed by atoms with van der Waals surface area (Å²) in [5.74, 6) is 0.331. The molecule has 1 heterocycles. The molecule has 2 aromatic carbocycles. The zero-order valence-corrected chi connectivity index (χ0v) is 18.0. The fourth-order valence-corrected chi connectivity index (χ4v) is 4.65. The number of nitrogens with one attached hydrogen (secondary N) is 1. The van der Waals surface area contributed by atoms with Crippen molar-refractivity contribution in [3.05, 3.63) is 63.4 Å². The number of sulfonamides is 1. The van der Waals surface area contributed by atoms with Crippen LogP contribution in [0.1, 0.15) is 17.5 Å². The first-order valence-electron chi connectivity index (χ1n) is 8.82. The standard InChI is InChI=1S/C20H21ClN2O3S2/c1-3-26-19-9-6-16(18-13-27-14(2)23-18)12-20(19)28(24,25)22-11-10-15-4-7-17(21)8-5-15/h4-9,12-13,22H,3,10-11H2,1-2H3. The Hall–Kier alpha value is -1.93. The van der Waals surface area contributed by atoms with Crippen LogP contribution in [0.15, 0.2) is 52.7 Å². The zero-order valence-electron chi connectivity index (χ0n) is 15.6. The molecular formula is C20H21ClN2O3S2. The molecule has 0 aliphatic rings. The molecule has 8 heteroatoms. The molecule has 0 spiro atoms. The van der Waals surface area contributed by atoms with E-state index in [0.29, 0.717) is 23.8 Å². The van der Waals surface area contributed by atoms with E-state index >= 15 is 0 Å². The van der Waals surface area contributed by atoms with Crippen LogP contribution in [0.5, 0.6) is 5.75 Å². The van der Waals surface area contributed by atoms with Crippen molar-refractivity contribution < 1.29 is 13.2 Å². The quantitative estimate of drug-likeness (QED) is 0.556. The molecule has 3 aromatic rings. The molecule has 0 unspecified atom stereocenters. The second-order valence-corrected chi connectivity index (χ2v) is 9.35. The van der Waals surface area contributed by atoms with E-state index in [0.717, 1.165) is 21.8 Å². The van der Waals surface area contributed by atoms with E-state index in [4.69, 9.17) is 16.3 Å². The first-order chi connectivity index (χ1) is 13.4. The van der Waals surface area contributed by atoms with Crippen molar-refractivity contribution in [2.24, 2.45) is 0 Å². The Balaban J connectivity index is 1.82. The lowest BCUT2D eigenvalue weighted by Crippen LogP contribution is -2.26. The Morgan fingerprint density at radius 1 is 1.18 bits per heavy atom. The molecule has 5 nitrogen and oxygen atoms in total. The lowest BCUT2D eigenvalue weighted by molar-refractivity contribution is 0.331. The van der Waals surface area contributed by atoms with Gasteiger partial charge in [-0.25, -0.2) is 18.1 Å². The highest BCUT2D eigenvalue weighted by atomic mass is 35.5. The normalized spacial score (nSPS) is 11.5. The molecule has 0 aliphatic heterocycles. The van der Waals surface area contributed by atoms with Gasteiger partial charge in [0.1, 0.15) is 10.6 Å². The van der Waals surface area contributed by atoms with Crippen molar-refractivity contribution in [3.8, 4) is 17.0 Å². The van der Waals surface area contributed by atoms with Crippen molar-refractivity contribution in [1.29, 1.82) is 0 Å². The van der Waals surface area contributed by atoms with Crippen LogP contribution in [-0.2, 0) is 16.4 Å². The highest BCUT2D eigenvalue weighted by molar-refractivity contribution is 7.89. The van der Waals surface area contributed by atoms with Gasteiger partial charge in [-0.3, -0.25) is 0 Å². The summed E-state index contributed by atoms with van der Waals surface area (Å²) in [5.41, 5.74) is 2.50. The Labute approximate surface area is 174 Å². The van der Waals surface area contributed by atoms with Gasteiger partial charge >= 0.3 is 0 Å². The minimum atomic E-state index is -3.74. The molecule has 0 atom stereocenters. The van der Waals surface area contributed by atoms with E-state index in [-0.39, 0.29) is 11.4 Å². The number of hydrogen-bond donors (Lipinski definition) is 1. The van der Waals surface area contributed by atoms with E-state index in [9.17, 15) is 8.42 Å². The number of aromatic nitrogens is 1. The summed E-state index contributed by atoms with van der Waals surface area (Å²) in [7, 11) is -3.74. The third-order valence-electron chi connectivity index (χ3n) is 4.07. The molecule has 0 amide bonds. The van der Waals surface area contributed by atoms with Crippen LogP contribution in [-0.4, -0.2) is 26.6 Å². The number of benzene rings is 2. The summed E-state index contributed by atoms with van der Waals surface area (Å²) in [6, 6.07) is 12.5. The van der Waals surface area contributed by atoms with Gasteiger partial charge in [0.15, 0.2) is 0 Å². The predicted octanol–water partition coefficient (Wildman–Crippen LogP) is 4.69. The molecule has 0 fully saturated rings. The van der Waals surface area contributed by atoms with Gasteiger partial charge in [0.25, 0.3) is 0 Å². The smallest absolute Gasteiger partial charge is 0.244 e. The van der Waals surface area contributed by atoms with Crippen molar-refractivity contribution in [2.45, 2.75) is 25.2 Å². The fraction of sp³-hybridized carbons (Fsp3) is 0.250. The molecule has 0 saturated carbocycles. The maximum Gasteiger partial charge on any atom is 0.244 e. The van der Waals surface area contributed by atoms with Crippen molar-refractivity contribution in [1.82, 2.24) is 9.71 Å². The average Bonchev–Trinajstić information content (AvgIpc) is 3.10. The molecule has 1 N–H and O–H groups in total. The average molecular weight is 437 g/mol. The third-order valence-corrected chi connectivity index (χ3v) is 6.57. The fourth-order valence-electron chi connectivity index (χ4n) is 2.71. The van der Waals surface area contributed by atoms with Gasteiger partial charge < -0.3 is 4.74 Å². The van der Waals surface area contributed by atoms with E-state index in [2.05, 4.69) is 9.71 Å². The van der Waals surface area contributed by atoms with Gasteiger partial charge in [0, 0.05) is 22.5 Å². The Kier molecular flexibility index (Phi) is 6.72. The molecule has 1 aromatic heterocycles. The summed E-state index contributed by atoms with van der Waals surface area (Å²) in [4.78, 5) is 4.56. The number of aryl methyl sites for hydroxylation is 1. The maximum atomic E-state index is 12.9.